The Morgan fingerprint density at radius 3 is 2.55 bits per heavy atom. The molecule has 1 atom stereocenters. The number of halogens is 1. The van der Waals surface area contributed by atoms with Gasteiger partial charge in [0.25, 0.3) is 5.91 Å². The van der Waals surface area contributed by atoms with Crippen LogP contribution in [0.1, 0.15) is 11.6 Å². The molecule has 0 saturated carbocycles. The summed E-state index contributed by atoms with van der Waals surface area (Å²) >= 11 is 1.17. The van der Waals surface area contributed by atoms with Gasteiger partial charge in [0.2, 0.25) is 5.95 Å². The summed E-state index contributed by atoms with van der Waals surface area (Å²) in [5.74, 6) is 0.231. The van der Waals surface area contributed by atoms with Crippen molar-refractivity contribution in [2.45, 2.75) is 10.9 Å². The van der Waals surface area contributed by atoms with E-state index in [1.165, 1.54) is 22.9 Å². The van der Waals surface area contributed by atoms with Crippen molar-refractivity contribution in [1.82, 2.24) is 9.97 Å². The topological polar surface area (TPSA) is 87.4 Å². The Kier molecular flexibility index (Phi) is 5.08. The maximum absolute atomic E-state index is 14.4. The number of carbonyl (C=O) groups is 1. The molecule has 0 aliphatic carbocycles. The summed E-state index contributed by atoms with van der Waals surface area (Å²) in [4.78, 5) is 25.9. The second kappa shape index (κ2) is 7.69. The number of aromatic nitrogens is 2. The van der Waals surface area contributed by atoms with E-state index in [1.54, 1.807) is 43.4 Å². The van der Waals surface area contributed by atoms with Gasteiger partial charge in [0, 0.05) is 30.2 Å². The van der Waals surface area contributed by atoms with Gasteiger partial charge in [-0.3, -0.25) is 9.93 Å². The third kappa shape index (κ3) is 3.50. The molecular formula is C20H19FN6OS. The highest BCUT2D eigenvalue weighted by Crippen LogP contribution is 2.39. The van der Waals surface area contributed by atoms with E-state index in [-0.39, 0.29) is 5.91 Å². The Bertz CT molecular complexity index is 1060. The number of hydrogen-bond acceptors (Lipinski definition) is 7. The van der Waals surface area contributed by atoms with Gasteiger partial charge >= 0.3 is 0 Å². The van der Waals surface area contributed by atoms with Crippen LogP contribution in [0.25, 0.3) is 0 Å². The molecule has 0 bridgehead atoms. The number of anilines is 4. The average molecular weight is 410 g/mol. The molecule has 1 aliphatic heterocycles. The summed E-state index contributed by atoms with van der Waals surface area (Å²) < 4.78 is 14.4. The molecule has 148 valence electrons. The lowest BCUT2D eigenvalue weighted by Gasteiger charge is -2.38. The molecule has 3 N–H and O–H groups in total. The molecule has 0 saturated heterocycles. The molecule has 0 fully saturated rings. The fourth-order valence-electron chi connectivity index (χ4n) is 3.30. The molecule has 1 aromatic heterocycles. The van der Waals surface area contributed by atoms with Crippen LogP contribution in [0, 0.1) is 5.82 Å². The zero-order valence-corrected chi connectivity index (χ0v) is 16.7. The lowest BCUT2D eigenvalue weighted by molar-refractivity contribution is -0.120. The predicted octanol–water partition coefficient (Wildman–Crippen LogP) is 3.48. The number of nitrogens with zero attached hydrogens (tertiary/aromatic N) is 4. The van der Waals surface area contributed by atoms with Gasteiger partial charge in [-0.2, -0.15) is 4.98 Å². The maximum atomic E-state index is 14.4. The standard InChI is InChI=1S/C20H19FN6OS/c1-26-16-11-23-20(24-12-7-9-13(29-22)10-8-12)25-18(16)27(2)17(19(26)28)14-5-3-4-6-15(14)21/h3-11,17H,22H2,1-2H3,(H,23,24,25). The molecule has 29 heavy (non-hydrogen) atoms. The predicted molar refractivity (Wildman–Crippen MR) is 113 cm³/mol. The van der Waals surface area contributed by atoms with E-state index in [0.717, 1.165) is 10.6 Å². The summed E-state index contributed by atoms with van der Waals surface area (Å²) in [7, 11) is 3.37. The van der Waals surface area contributed by atoms with Crippen molar-refractivity contribution in [3.63, 3.8) is 0 Å². The number of likely N-dealkylation sites (N-methyl/N-ethyl adjacent to an activating group) is 2. The molecule has 9 heteroatoms. The summed E-state index contributed by atoms with van der Waals surface area (Å²) in [6, 6.07) is 13.0. The van der Waals surface area contributed by atoms with Gasteiger partial charge < -0.3 is 15.1 Å². The molecule has 0 spiro atoms. The summed E-state index contributed by atoms with van der Waals surface area (Å²) in [6.45, 7) is 0. The summed E-state index contributed by atoms with van der Waals surface area (Å²) in [6.07, 6.45) is 1.58. The van der Waals surface area contributed by atoms with Crippen LogP contribution in [-0.4, -0.2) is 30.0 Å². The fourth-order valence-corrected chi connectivity index (χ4v) is 3.59. The third-order valence-electron chi connectivity index (χ3n) is 4.84. The van der Waals surface area contributed by atoms with Gasteiger partial charge in [-0.1, -0.05) is 18.2 Å². The minimum Gasteiger partial charge on any atom is -0.342 e. The number of hydrogen-bond donors (Lipinski definition) is 2. The van der Waals surface area contributed by atoms with Gasteiger partial charge in [-0.05, 0) is 42.3 Å². The molecule has 4 rings (SSSR count). The lowest BCUT2D eigenvalue weighted by Crippen LogP contribution is -2.45. The molecule has 2 heterocycles. The van der Waals surface area contributed by atoms with Gasteiger partial charge in [-0.15, -0.1) is 0 Å². The molecule has 1 amide bonds. The number of carbonyl (C=O) groups excluding carboxylic acids is 1. The Balaban J connectivity index is 1.69. The van der Waals surface area contributed by atoms with E-state index < -0.39 is 11.9 Å². The van der Waals surface area contributed by atoms with Crippen molar-refractivity contribution >= 4 is 41.0 Å². The Hall–Kier alpha value is -3.17. The van der Waals surface area contributed by atoms with Crippen molar-refractivity contribution < 1.29 is 9.18 Å². The lowest BCUT2D eigenvalue weighted by atomic mass is 10.0. The van der Waals surface area contributed by atoms with Gasteiger partial charge in [0.15, 0.2) is 5.82 Å². The number of amides is 1. The zero-order chi connectivity index (χ0) is 20.5. The molecule has 2 aromatic carbocycles. The zero-order valence-electron chi connectivity index (χ0n) is 15.8. The van der Waals surface area contributed by atoms with Gasteiger partial charge in [0.05, 0.1) is 6.20 Å². The monoisotopic (exact) mass is 410 g/mol. The SMILES string of the molecule is CN1C(=O)C(c2ccccc2F)N(C)c2nc(Nc3ccc(SN)cc3)ncc21. The van der Waals surface area contributed by atoms with E-state index in [4.69, 9.17) is 5.14 Å². The second-order valence-corrected chi connectivity index (χ2v) is 7.31. The smallest absolute Gasteiger partial charge is 0.254 e. The van der Waals surface area contributed by atoms with Crippen LogP contribution in [-0.2, 0) is 4.79 Å². The third-order valence-corrected chi connectivity index (χ3v) is 5.39. The Morgan fingerprint density at radius 2 is 1.86 bits per heavy atom. The van der Waals surface area contributed by atoms with Crippen LogP contribution in [0.2, 0.25) is 0 Å². The fraction of sp³-hybridized carbons (Fsp3) is 0.150. The second-order valence-electron chi connectivity index (χ2n) is 6.60. The van der Waals surface area contributed by atoms with Crippen LogP contribution in [0.4, 0.5) is 27.5 Å². The first kappa shape index (κ1) is 19.2. The van der Waals surface area contributed by atoms with Crippen LogP contribution in [0.3, 0.4) is 0 Å². The minimum atomic E-state index is -0.808. The van der Waals surface area contributed by atoms with Crippen LogP contribution in [0.5, 0.6) is 0 Å². The molecule has 0 radical (unpaired) electrons. The molecule has 3 aromatic rings. The van der Waals surface area contributed by atoms with E-state index in [1.807, 2.05) is 24.3 Å². The van der Waals surface area contributed by atoms with E-state index >= 15 is 0 Å². The van der Waals surface area contributed by atoms with Crippen molar-refractivity contribution in [1.29, 1.82) is 0 Å². The minimum absolute atomic E-state index is 0.246. The average Bonchev–Trinajstić information content (AvgIpc) is 2.74. The highest BCUT2D eigenvalue weighted by Gasteiger charge is 2.38. The highest BCUT2D eigenvalue weighted by atomic mass is 32.2. The number of nitrogens with two attached hydrogens (primary N) is 1. The van der Waals surface area contributed by atoms with Crippen LogP contribution >= 0.6 is 11.9 Å². The first-order valence-electron chi connectivity index (χ1n) is 8.85. The van der Waals surface area contributed by atoms with Crippen LogP contribution < -0.4 is 20.3 Å². The van der Waals surface area contributed by atoms with Gasteiger partial charge in [0.1, 0.15) is 17.5 Å². The summed E-state index contributed by atoms with van der Waals surface area (Å²) in [5.41, 5.74) is 1.67. The number of rotatable bonds is 4. The number of benzene rings is 2. The van der Waals surface area contributed by atoms with E-state index in [9.17, 15) is 9.18 Å². The number of fused-ring (bicyclic) bond motifs is 1. The highest BCUT2D eigenvalue weighted by molar-refractivity contribution is 7.97. The first-order chi connectivity index (χ1) is 14.0. The Morgan fingerprint density at radius 1 is 1.14 bits per heavy atom. The maximum Gasteiger partial charge on any atom is 0.254 e. The van der Waals surface area contributed by atoms with E-state index in [2.05, 4.69) is 15.3 Å². The van der Waals surface area contributed by atoms with Crippen molar-refractivity contribution in [3.8, 4) is 0 Å². The Labute approximate surface area is 171 Å². The van der Waals surface area contributed by atoms with Crippen molar-refractivity contribution in [2.75, 3.05) is 29.2 Å². The van der Waals surface area contributed by atoms with E-state index in [0.29, 0.717) is 23.0 Å². The van der Waals surface area contributed by atoms with Crippen LogP contribution in [0.15, 0.2) is 59.6 Å². The first-order valence-corrected chi connectivity index (χ1v) is 9.73. The van der Waals surface area contributed by atoms with Crippen molar-refractivity contribution in [2.24, 2.45) is 5.14 Å². The molecule has 1 unspecified atom stereocenters. The largest absolute Gasteiger partial charge is 0.342 e. The molecule has 7 nitrogen and oxygen atoms in total. The van der Waals surface area contributed by atoms with Gasteiger partial charge in [-0.25, -0.2) is 9.37 Å². The summed E-state index contributed by atoms with van der Waals surface area (Å²) in [5, 5.41) is 8.69. The quantitative estimate of drug-likeness (QED) is 0.637. The molecular weight excluding hydrogens is 391 g/mol. The van der Waals surface area contributed by atoms with Crippen molar-refractivity contribution in [3.05, 3.63) is 66.1 Å². The number of nitrogens with one attached hydrogen (secondary N) is 1. The molecule has 1 aliphatic rings. The normalized spacial score (nSPS) is 16.0.